The number of benzene rings is 1. The van der Waals surface area contributed by atoms with Crippen molar-refractivity contribution in [2.75, 3.05) is 20.6 Å². The van der Waals surface area contributed by atoms with Gasteiger partial charge in [-0.1, -0.05) is 24.3 Å². The maximum absolute atomic E-state index is 11.9. The van der Waals surface area contributed by atoms with Crippen molar-refractivity contribution in [1.29, 1.82) is 0 Å². The van der Waals surface area contributed by atoms with E-state index in [1.165, 1.54) is 4.90 Å². The summed E-state index contributed by atoms with van der Waals surface area (Å²) in [7, 11) is 3.28. The number of fused-ring (bicyclic) bond motifs is 1. The van der Waals surface area contributed by atoms with Crippen LogP contribution in [-0.4, -0.2) is 42.3 Å². The molecule has 5 heteroatoms. The first-order valence-electron chi connectivity index (χ1n) is 5.92. The van der Waals surface area contributed by atoms with Crippen molar-refractivity contribution in [2.24, 2.45) is 0 Å². The number of pyridine rings is 1. The molecule has 2 amide bonds. The number of likely N-dealkylation sites (N-methyl/N-ethyl adjacent to an activating group) is 1. The van der Waals surface area contributed by atoms with Gasteiger partial charge in [-0.3, -0.25) is 9.59 Å². The lowest BCUT2D eigenvalue weighted by atomic mass is 10.2. The Balaban J connectivity index is 2.11. The van der Waals surface area contributed by atoms with Crippen LogP contribution in [0.3, 0.4) is 0 Å². The average Bonchev–Trinajstić information content (AvgIpc) is 2.43. The molecule has 2 aromatic rings. The van der Waals surface area contributed by atoms with Gasteiger partial charge in [-0.15, -0.1) is 0 Å². The van der Waals surface area contributed by atoms with Gasteiger partial charge in [0.05, 0.1) is 12.1 Å². The highest BCUT2D eigenvalue weighted by Crippen LogP contribution is 2.11. The van der Waals surface area contributed by atoms with Crippen molar-refractivity contribution in [3.05, 3.63) is 42.1 Å². The van der Waals surface area contributed by atoms with Gasteiger partial charge in [-0.2, -0.15) is 0 Å². The van der Waals surface area contributed by atoms with E-state index < -0.39 is 0 Å². The van der Waals surface area contributed by atoms with Crippen molar-refractivity contribution < 1.29 is 9.59 Å². The Kier molecular flexibility index (Phi) is 3.75. The van der Waals surface area contributed by atoms with E-state index in [-0.39, 0.29) is 18.4 Å². The van der Waals surface area contributed by atoms with E-state index in [0.717, 1.165) is 10.9 Å². The van der Waals surface area contributed by atoms with Crippen molar-refractivity contribution >= 4 is 22.7 Å². The van der Waals surface area contributed by atoms with Gasteiger partial charge in [0, 0.05) is 19.5 Å². The van der Waals surface area contributed by atoms with Crippen molar-refractivity contribution in [2.45, 2.75) is 0 Å². The van der Waals surface area contributed by atoms with Gasteiger partial charge >= 0.3 is 0 Å². The third kappa shape index (κ3) is 3.07. The number of nitrogens with one attached hydrogen (secondary N) is 1. The summed E-state index contributed by atoms with van der Waals surface area (Å²) in [6, 6.07) is 11.0. The third-order valence-electron chi connectivity index (χ3n) is 2.73. The molecule has 0 aliphatic heterocycles. The third-order valence-corrected chi connectivity index (χ3v) is 2.73. The Bertz CT molecular complexity index is 623. The number of rotatable bonds is 3. The summed E-state index contributed by atoms with van der Waals surface area (Å²) >= 11 is 0. The minimum atomic E-state index is -0.346. The minimum Gasteiger partial charge on any atom is -0.347 e. The lowest BCUT2D eigenvalue weighted by molar-refractivity contribution is -0.127. The molecule has 5 nitrogen and oxygen atoms in total. The maximum atomic E-state index is 11.9. The molecule has 0 aliphatic carbocycles. The smallest absolute Gasteiger partial charge is 0.270 e. The molecule has 0 radical (unpaired) electrons. The Morgan fingerprint density at radius 1 is 1.16 bits per heavy atom. The van der Waals surface area contributed by atoms with Crippen LogP contribution in [0, 0.1) is 0 Å². The number of nitrogens with zero attached hydrogens (tertiary/aromatic N) is 2. The van der Waals surface area contributed by atoms with Gasteiger partial charge in [0.1, 0.15) is 5.69 Å². The van der Waals surface area contributed by atoms with Crippen LogP contribution in [0.5, 0.6) is 0 Å². The maximum Gasteiger partial charge on any atom is 0.270 e. The second-order valence-corrected chi connectivity index (χ2v) is 4.36. The SMILES string of the molecule is CN(C)C(=O)CNC(=O)c1ccc2ccccc2n1. The fraction of sp³-hybridized carbons (Fsp3) is 0.214. The molecule has 0 atom stereocenters. The van der Waals surface area contributed by atoms with Gasteiger partial charge in [0.15, 0.2) is 0 Å². The Morgan fingerprint density at radius 2 is 1.89 bits per heavy atom. The van der Waals surface area contributed by atoms with E-state index in [1.54, 1.807) is 20.2 Å². The first-order valence-corrected chi connectivity index (χ1v) is 5.92. The van der Waals surface area contributed by atoms with E-state index in [2.05, 4.69) is 10.3 Å². The molecule has 0 saturated heterocycles. The number of carbonyl (C=O) groups excluding carboxylic acids is 2. The number of aromatic nitrogens is 1. The molecule has 0 spiro atoms. The van der Waals surface area contributed by atoms with E-state index >= 15 is 0 Å². The Morgan fingerprint density at radius 3 is 2.63 bits per heavy atom. The lowest BCUT2D eigenvalue weighted by Gasteiger charge is -2.10. The lowest BCUT2D eigenvalue weighted by Crippen LogP contribution is -2.36. The van der Waals surface area contributed by atoms with Gasteiger partial charge in [0.25, 0.3) is 5.91 Å². The number of amides is 2. The highest BCUT2D eigenvalue weighted by atomic mass is 16.2. The zero-order chi connectivity index (χ0) is 13.8. The summed E-state index contributed by atoms with van der Waals surface area (Å²) in [4.78, 5) is 28.9. The van der Waals surface area contributed by atoms with Crippen molar-refractivity contribution in [3.8, 4) is 0 Å². The molecule has 0 unspecified atom stereocenters. The molecular formula is C14H15N3O2. The predicted octanol–water partition coefficient (Wildman–Crippen LogP) is 1.05. The van der Waals surface area contributed by atoms with Crippen LogP contribution in [-0.2, 0) is 4.79 Å². The predicted molar refractivity (Wildman–Crippen MR) is 72.8 cm³/mol. The summed E-state index contributed by atoms with van der Waals surface area (Å²) in [5, 5.41) is 3.53. The molecule has 1 heterocycles. The molecule has 1 aromatic carbocycles. The van der Waals surface area contributed by atoms with Crippen LogP contribution < -0.4 is 5.32 Å². The Labute approximate surface area is 111 Å². The number of para-hydroxylation sites is 1. The zero-order valence-corrected chi connectivity index (χ0v) is 10.9. The van der Waals surface area contributed by atoms with Crippen LogP contribution in [0.4, 0.5) is 0 Å². The average molecular weight is 257 g/mol. The standard InChI is InChI=1S/C14H15N3O2/c1-17(2)13(18)9-15-14(19)12-8-7-10-5-3-4-6-11(10)16-12/h3-8H,9H2,1-2H3,(H,15,19). The number of hydrogen-bond acceptors (Lipinski definition) is 3. The molecule has 0 saturated carbocycles. The van der Waals surface area contributed by atoms with Crippen LogP contribution in [0.1, 0.15) is 10.5 Å². The molecule has 1 N–H and O–H groups in total. The minimum absolute atomic E-state index is 0.0274. The summed E-state index contributed by atoms with van der Waals surface area (Å²) in [6.07, 6.45) is 0. The van der Waals surface area contributed by atoms with Crippen LogP contribution >= 0.6 is 0 Å². The molecule has 1 aromatic heterocycles. The fourth-order valence-electron chi connectivity index (χ4n) is 1.60. The van der Waals surface area contributed by atoms with E-state index in [0.29, 0.717) is 5.69 Å². The molecule has 19 heavy (non-hydrogen) atoms. The van der Waals surface area contributed by atoms with Gasteiger partial charge in [-0.05, 0) is 12.1 Å². The highest BCUT2D eigenvalue weighted by molar-refractivity contribution is 5.96. The van der Waals surface area contributed by atoms with Gasteiger partial charge in [-0.25, -0.2) is 4.98 Å². The summed E-state index contributed by atoms with van der Waals surface area (Å²) < 4.78 is 0. The Hall–Kier alpha value is -2.43. The van der Waals surface area contributed by atoms with E-state index in [4.69, 9.17) is 0 Å². The zero-order valence-electron chi connectivity index (χ0n) is 10.9. The molecule has 0 bridgehead atoms. The topological polar surface area (TPSA) is 62.3 Å². The number of hydrogen-bond donors (Lipinski definition) is 1. The van der Waals surface area contributed by atoms with E-state index in [1.807, 2.05) is 30.3 Å². The first kappa shape index (κ1) is 13.0. The van der Waals surface area contributed by atoms with Crippen LogP contribution in [0.15, 0.2) is 36.4 Å². The van der Waals surface area contributed by atoms with Crippen molar-refractivity contribution in [3.63, 3.8) is 0 Å². The molecule has 2 rings (SSSR count). The number of carbonyl (C=O) groups is 2. The quantitative estimate of drug-likeness (QED) is 0.894. The normalized spacial score (nSPS) is 10.2. The van der Waals surface area contributed by atoms with Crippen molar-refractivity contribution in [1.82, 2.24) is 15.2 Å². The highest BCUT2D eigenvalue weighted by Gasteiger charge is 2.10. The van der Waals surface area contributed by atoms with Crippen LogP contribution in [0.2, 0.25) is 0 Å². The van der Waals surface area contributed by atoms with Crippen LogP contribution in [0.25, 0.3) is 10.9 Å². The second kappa shape index (κ2) is 5.48. The van der Waals surface area contributed by atoms with E-state index in [9.17, 15) is 9.59 Å². The monoisotopic (exact) mass is 257 g/mol. The fourth-order valence-corrected chi connectivity index (χ4v) is 1.60. The van der Waals surface area contributed by atoms with Gasteiger partial charge < -0.3 is 10.2 Å². The summed E-state index contributed by atoms with van der Waals surface area (Å²) in [6.45, 7) is -0.0274. The molecule has 98 valence electrons. The van der Waals surface area contributed by atoms with Gasteiger partial charge in [0.2, 0.25) is 5.91 Å². The summed E-state index contributed by atoms with van der Waals surface area (Å²) in [5.74, 6) is -0.505. The molecule has 0 fully saturated rings. The second-order valence-electron chi connectivity index (χ2n) is 4.36. The molecular weight excluding hydrogens is 242 g/mol. The largest absolute Gasteiger partial charge is 0.347 e. The first-order chi connectivity index (χ1) is 9.08. The molecule has 0 aliphatic rings. The summed E-state index contributed by atoms with van der Waals surface area (Å²) in [5.41, 5.74) is 1.07.